The summed E-state index contributed by atoms with van der Waals surface area (Å²) in [5.74, 6) is 0.713. The monoisotopic (exact) mass is 334 g/mol. The fourth-order valence-electron chi connectivity index (χ4n) is 2.97. The maximum atomic E-state index is 12.3. The van der Waals surface area contributed by atoms with Gasteiger partial charge in [-0.3, -0.25) is 9.69 Å². The molecule has 0 aromatic heterocycles. The minimum absolute atomic E-state index is 0.0218. The average Bonchev–Trinajstić information content (AvgIpc) is 2.86. The highest BCUT2D eigenvalue weighted by atomic mass is 16.5. The molecule has 0 spiro atoms. The Kier molecular flexibility index (Phi) is 7.53. The van der Waals surface area contributed by atoms with Crippen molar-refractivity contribution in [1.29, 1.82) is 0 Å². The van der Waals surface area contributed by atoms with Crippen molar-refractivity contribution in [2.75, 3.05) is 26.2 Å². The lowest BCUT2D eigenvalue weighted by molar-refractivity contribution is -0.126. The van der Waals surface area contributed by atoms with E-state index in [0.29, 0.717) is 0 Å². The predicted molar refractivity (Wildman–Crippen MR) is 95.2 cm³/mol. The second-order valence-corrected chi connectivity index (χ2v) is 6.65. The van der Waals surface area contributed by atoms with Crippen molar-refractivity contribution in [1.82, 2.24) is 10.2 Å². The van der Waals surface area contributed by atoms with Gasteiger partial charge < -0.3 is 15.2 Å². The van der Waals surface area contributed by atoms with Gasteiger partial charge in [0.2, 0.25) is 5.91 Å². The first-order chi connectivity index (χ1) is 11.6. The molecule has 1 aliphatic rings. The van der Waals surface area contributed by atoms with E-state index in [1.54, 1.807) is 0 Å². The number of ether oxygens (including phenoxy) is 1. The minimum Gasteiger partial charge on any atom is -0.491 e. The summed E-state index contributed by atoms with van der Waals surface area (Å²) < 4.78 is 5.56. The molecule has 2 unspecified atom stereocenters. The van der Waals surface area contributed by atoms with Gasteiger partial charge in [-0.2, -0.15) is 0 Å². The summed E-state index contributed by atoms with van der Waals surface area (Å²) >= 11 is 0. The highest BCUT2D eigenvalue weighted by Crippen LogP contribution is 2.13. The number of nitrogens with zero attached hydrogens (tertiary/aromatic N) is 1. The van der Waals surface area contributed by atoms with Gasteiger partial charge in [-0.05, 0) is 57.5 Å². The molecule has 5 nitrogen and oxygen atoms in total. The predicted octanol–water partition coefficient (Wildman–Crippen LogP) is 2.12. The lowest BCUT2D eigenvalue weighted by Gasteiger charge is -2.27. The third kappa shape index (κ3) is 6.13. The van der Waals surface area contributed by atoms with Crippen molar-refractivity contribution >= 4 is 5.91 Å². The van der Waals surface area contributed by atoms with E-state index in [0.717, 1.165) is 37.2 Å². The molecule has 1 aliphatic heterocycles. The third-order valence-corrected chi connectivity index (χ3v) is 4.51. The summed E-state index contributed by atoms with van der Waals surface area (Å²) in [5.41, 5.74) is 1.11. The number of aliphatic hydroxyl groups is 1. The molecule has 2 rings (SSSR count). The zero-order valence-corrected chi connectivity index (χ0v) is 14.8. The molecule has 1 aromatic carbocycles. The van der Waals surface area contributed by atoms with Gasteiger partial charge in [0.1, 0.15) is 18.5 Å². The van der Waals surface area contributed by atoms with Crippen LogP contribution in [0.4, 0.5) is 0 Å². The number of carbonyl (C=O) groups excluding carboxylic acids is 1. The van der Waals surface area contributed by atoms with Crippen LogP contribution in [0, 0.1) is 6.92 Å². The van der Waals surface area contributed by atoms with E-state index in [1.807, 2.05) is 38.1 Å². The molecule has 134 valence electrons. The molecule has 1 saturated heterocycles. The van der Waals surface area contributed by atoms with Crippen molar-refractivity contribution in [2.45, 2.75) is 51.7 Å². The summed E-state index contributed by atoms with van der Waals surface area (Å²) in [6, 6.07) is 7.55. The number of nitrogens with one attached hydrogen (secondary N) is 1. The maximum Gasteiger partial charge on any atom is 0.237 e. The second-order valence-electron chi connectivity index (χ2n) is 6.65. The van der Waals surface area contributed by atoms with Gasteiger partial charge in [-0.15, -0.1) is 0 Å². The highest BCUT2D eigenvalue weighted by Gasteiger charge is 2.22. The van der Waals surface area contributed by atoms with Crippen LogP contribution in [0.3, 0.4) is 0 Å². The van der Waals surface area contributed by atoms with Crippen LogP contribution in [0.15, 0.2) is 24.3 Å². The fraction of sp³-hybridized carbons (Fsp3) is 0.632. The Morgan fingerprint density at radius 2 is 2.00 bits per heavy atom. The summed E-state index contributed by atoms with van der Waals surface area (Å²) in [7, 11) is 0. The van der Waals surface area contributed by atoms with Crippen LogP contribution >= 0.6 is 0 Å². The van der Waals surface area contributed by atoms with Crippen LogP contribution in [0.25, 0.3) is 0 Å². The number of carbonyl (C=O) groups is 1. The van der Waals surface area contributed by atoms with Crippen molar-refractivity contribution < 1.29 is 14.6 Å². The molecule has 0 radical (unpaired) electrons. The van der Waals surface area contributed by atoms with E-state index < -0.39 is 6.10 Å². The van der Waals surface area contributed by atoms with E-state index >= 15 is 0 Å². The van der Waals surface area contributed by atoms with Crippen molar-refractivity contribution in [3.05, 3.63) is 29.8 Å². The number of hydrogen-bond donors (Lipinski definition) is 2. The van der Waals surface area contributed by atoms with Crippen LogP contribution in [0.1, 0.15) is 38.2 Å². The van der Waals surface area contributed by atoms with E-state index in [9.17, 15) is 9.90 Å². The Morgan fingerprint density at radius 1 is 1.29 bits per heavy atom. The van der Waals surface area contributed by atoms with Gasteiger partial charge in [0.05, 0.1) is 6.04 Å². The van der Waals surface area contributed by atoms with Gasteiger partial charge in [0.15, 0.2) is 0 Å². The SMILES string of the molecule is Cc1cccc(OCC(O)CNC(=O)C(C)N2CCCCCC2)c1. The van der Waals surface area contributed by atoms with Gasteiger partial charge in [0.25, 0.3) is 0 Å². The lowest BCUT2D eigenvalue weighted by Crippen LogP contribution is -2.47. The summed E-state index contributed by atoms with van der Waals surface area (Å²) in [6.45, 7) is 6.27. The molecule has 0 aliphatic carbocycles. The molecule has 1 amide bonds. The largest absolute Gasteiger partial charge is 0.491 e. The van der Waals surface area contributed by atoms with Gasteiger partial charge in [0, 0.05) is 6.54 Å². The normalized spacial score (nSPS) is 18.5. The summed E-state index contributed by atoms with van der Waals surface area (Å²) in [5, 5.41) is 12.8. The first-order valence-corrected chi connectivity index (χ1v) is 8.95. The minimum atomic E-state index is -0.717. The van der Waals surface area contributed by atoms with E-state index in [-0.39, 0.29) is 25.1 Å². The number of likely N-dealkylation sites (tertiary alicyclic amines) is 1. The first kappa shape index (κ1) is 18.7. The quantitative estimate of drug-likeness (QED) is 0.802. The number of rotatable bonds is 7. The summed E-state index contributed by atoms with van der Waals surface area (Å²) in [4.78, 5) is 14.5. The number of amides is 1. The lowest BCUT2D eigenvalue weighted by atomic mass is 10.2. The molecule has 2 N–H and O–H groups in total. The molecule has 0 saturated carbocycles. The van der Waals surface area contributed by atoms with Crippen molar-refractivity contribution in [3.63, 3.8) is 0 Å². The number of aryl methyl sites for hydroxylation is 1. The first-order valence-electron chi connectivity index (χ1n) is 8.95. The summed E-state index contributed by atoms with van der Waals surface area (Å²) in [6.07, 6.45) is 4.10. The van der Waals surface area contributed by atoms with Crippen molar-refractivity contribution in [2.24, 2.45) is 0 Å². The second kappa shape index (κ2) is 9.64. The van der Waals surface area contributed by atoms with Crippen LogP contribution in [0.2, 0.25) is 0 Å². The van der Waals surface area contributed by atoms with Gasteiger partial charge in [-0.25, -0.2) is 0 Å². The molecule has 0 bridgehead atoms. The van der Waals surface area contributed by atoms with E-state index in [2.05, 4.69) is 10.2 Å². The van der Waals surface area contributed by atoms with Gasteiger partial charge in [-0.1, -0.05) is 25.0 Å². The van der Waals surface area contributed by atoms with E-state index in [1.165, 1.54) is 12.8 Å². The Hall–Kier alpha value is -1.59. The molecule has 1 heterocycles. The molecular weight excluding hydrogens is 304 g/mol. The fourth-order valence-corrected chi connectivity index (χ4v) is 2.97. The number of hydrogen-bond acceptors (Lipinski definition) is 4. The molecule has 2 atom stereocenters. The molecular formula is C19H30N2O3. The zero-order chi connectivity index (χ0) is 17.4. The maximum absolute atomic E-state index is 12.3. The molecule has 5 heteroatoms. The Balaban J connectivity index is 1.70. The van der Waals surface area contributed by atoms with Crippen LogP contribution < -0.4 is 10.1 Å². The van der Waals surface area contributed by atoms with Gasteiger partial charge >= 0.3 is 0 Å². The zero-order valence-electron chi connectivity index (χ0n) is 14.8. The molecule has 1 fully saturated rings. The van der Waals surface area contributed by atoms with Crippen LogP contribution in [0.5, 0.6) is 5.75 Å². The molecule has 1 aromatic rings. The smallest absolute Gasteiger partial charge is 0.237 e. The third-order valence-electron chi connectivity index (χ3n) is 4.51. The average molecular weight is 334 g/mol. The van der Waals surface area contributed by atoms with Crippen LogP contribution in [-0.4, -0.2) is 54.3 Å². The highest BCUT2D eigenvalue weighted by molar-refractivity contribution is 5.81. The number of benzene rings is 1. The standard InChI is InChI=1S/C19H30N2O3/c1-15-8-7-9-18(12-15)24-14-17(22)13-20-19(23)16(2)21-10-5-3-4-6-11-21/h7-9,12,16-17,22H,3-6,10-11,13-14H2,1-2H3,(H,20,23). The number of aliphatic hydroxyl groups excluding tert-OH is 1. The van der Waals surface area contributed by atoms with E-state index in [4.69, 9.17) is 4.74 Å². The topological polar surface area (TPSA) is 61.8 Å². The van der Waals surface area contributed by atoms with Crippen LogP contribution in [-0.2, 0) is 4.79 Å². The molecule has 24 heavy (non-hydrogen) atoms. The van der Waals surface area contributed by atoms with Crippen molar-refractivity contribution in [3.8, 4) is 5.75 Å². The Labute approximate surface area is 145 Å². The Morgan fingerprint density at radius 3 is 2.67 bits per heavy atom. The Bertz CT molecular complexity index is 513.